The molecule has 0 radical (unpaired) electrons. The number of rotatable bonds is 2. The van der Waals surface area contributed by atoms with Gasteiger partial charge >= 0.3 is 6.18 Å². The molecule has 3 aromatic rings. The van der Waals surface area contributed by atoms with E-state index < -0.39 is 11.9 Å². The summed E-state index contributed by atoms with van der Waals surface area (Å²) in [6.45, 7) is 0. The first-order chi connectivity index (χ1) is 10.5. The molecule has 1 aromatic heterocycles. The van der Waals surface area contributed by atoms with Gasteiger partial charge in [0.2, 0.25) is 11.7 Å². The van der Waals surface area contributed by atoms with Gasteiger partial charge in [-0.2, -0.15) is 13.2 Å². The Labute approximate surface area is 132 Å². The number of hydrogen-bond acceptors (Lipinski definition) is 2. The Kier molecular flexibility index (Phi) is 3.78. The van der Waals surface area contributed by atoms with E-state index in [9.17, 15) is 13.2 Å². The zero-order chi connectivity index (χ0) is 15.7. The van der Waals surface area contributed by atoms with Crippen molar-refractivity contribution in [3.8, 4) is 22.7 Å². The molecule has 0 atom stereocenters. The predicted octanol–water partition coefficient (Wildman–Crippen LogP) is 5.79. The van der Waals surface area contributed by atoms with Gasteiger partial charge in [-0.25, -0.2) is 4.98 Å². The summed E-state index contributed by atoms with van der Waals surface area (Å²) in [7, 11) is 0. The molecule has 6 heteroatoms. The van der Waals surface area contributed by atoms with E-state index in [1.165, 1.54) is 0 Å². The van der Waals surface area contributed by atoms with Crippen LogP contribution in [-0.4, -0.2) is 4.98 Å². The molecule has 0 fully saturated rings. The lowest BCUT2D eigenvalue weighted by Gasteiger charge is -2.04. The molecule has 0 spiro atoms. The zero-order valence-corrected chi connectivity index (χ0v) is 12.6. The SMILES string of the molecule is FC(F)(F)c1oc(-c2ccccc2Br)nc1-c1ccccc1. The molecule has 2 aromatic carbocycles. The van der Waals surface area contributed by atoms with Gasteiger partial charge in [0, 0.05) is 10.0 Å². The molecule has 1 heterocycles. The Morgan fingerprint density at radius 2 is 1.55 bits per heavy atom. The van der Waals surface area contributed by atoms with Crippen molar-refractivity contribution in [3.05, 3.63) is 64.8 Å². The molecule has 0 aliphatic carbocycles. The summed E-state index contributed by atoms with van der Waals surface area (Å²) in [5.41, 5.74) is 0.617. The van der Waals surface area contributed by atoms with E-state index in [1.807, 2.05) is 0 Å². The minimum atomic E-state index is -4.61. The van der Waals surface area contributed by atoms with Crippen LogP contribution in [0.15, 0.2) is 63.5 Å². The second-order valence-electron chi connectivity index (χ2n) is 4.54. The van der Waals surface area contributed by atoms with Gasteiger partial charge in [-0.1, -0.05) is 42.5 Å². The molecule has 0 aliphatic heterocycles. The maximum atomic E-state index is 13.2. The normalized spacial score (nSPS) is 11.6. The van der Waals surface area contributed by atoms with Crippen LogP contribution < -0.4 is 0 Å². The molecule has 0 unspecified atom stereocenters. The van der Waals surface area contributed by atoms with Gasteiger partial charge in [0.25, 0.3) is 0 Å². The van der Waals surface area contributed by atoms with Gasteiger partial charge in [0.15, 0.2) is 0 Å². The number of aromatic nitrogens is 1. The van der Waals surface area contributed by atoms with Crippen LogP contribution in [0, 0.1) is 0 Å². The van der Waals surface area contributed by atoms with E-state index in [2.05, 4.69) is 20.9 Å². The van der Waals surface area contributed by atoms with Crippen LogP contribution in [0.1, 0.15) is 5.76 Å². The molecule has 0 saturated heterocycles. The number of nitrogens with zero attached hydrogens (tertiary/aromatic N) is 1. The molecule has 3 rings (SSSR count). The van der Waals surface area contributed by atoms with Crippen molar-refractivity contribution in [3.63, 3.8) is 0 Å². The minimum Gasteiger partial charge on any atom is -0.431 e. The molecule has 112 valence electrons. The lowest BCUT2D eigenvalue weighted by Crippen LogP contribution is -2.05. The summed E-state index contributed by atoms with van der Waals surface area (Å²) in [5, 5.41) is 0. The van der Waals surface area contributed by atoms with E-state index in [-0.39, 0.29) is 11.6 Å². The highest BCUT2D eigenvalue weighted by Gasteiger charge is 2.40. The fraction of sp³-hybridized carbons (Fsp3) is 0.0625. The summed E-state index contributed by atoms with van der Waals surface area (Å²) in [6.07, 6.45) is -4.61. The van der Waals surface area contributed by atoms with E-state index in [0.717, 1.165) is 0 Å². The lowest BCUT2D eigenvalue weighted by molar-refractivity contribution is -0.152. The smallest absolute Gasteiger partial charge is 0.431 e. The van der Waals surface area contributed by atoms with Crippen molar-refractivity contribution in [1.82, 2.24) is 4.98 Å². The minimum absolute atomic E-state index is 0.0707. The lowest BCUT2D eigenvalue weighted by atomic mass is 10.1. The second kappa shape index (κ2) is 5.61. The van der Waals surface area contributed by atoms with Crippen molar-refractivity contribution < 1.29 is 17.6 Å². The average Bonchev–Trinajstić information content (AvgIpc) is 2.94. The summed E-state index contributed by atoms with van der Waals surface area (Å²) in [6, 6.07) is 15.0. The molecule has 2 nitrogen and oxygen atoms in total. The van der Waals surface area contributed by atoms with Gasteiger partial charge in [0.1, 0.15) is 5.69 Å². The van der Waals surface area contributed by atoms with E-state index in [4.69, 9.17) is 4.42 Å². The van der Waals surface area contributed by atoms with Gasteiger partial charge in [0.05, 0.1) is 5.56 Å². The van der Waals surface area contributed by atoms with Crippen molar-refractivity contribution >= 4 is 15.9 Å². The van der Waals surface area contributed by atoms with Crippen LogP contribution in [0.25, 0.3) is 22.7 Å². The van der Waals surface area contributed by atoms with Crippen molar-refractivity contribution in [1.29, 1.82) is 0 Å². The summed E-state index contributed by atoms with van der Waals surface area (Å²) in [5.74, 6) is -1.16. The molecular formula is C16H9BrF3NO. The first-order valence-electron chi connectivity index (χ1n) is 6.35. The predicted molar refractivity (Wildman–Crippen MR) is 80.1 cm³/mol. The van der Waals surface area contributed by atoms with E-state index in [0.29, 0.717) is 15.6 Å². The maximum absolute atomic E-state index is 13.2. The molecule has 0 aliphatic rings. The number of benzene rings is 2. The van der Waals surface area contributed by atoms with Crippen LogP contribution in [-0.2, 0) is 6.18 Å². The fourth-order valence-electron chi connectivity index (χ4n) is 2.05. The highest BCUT2D eigenvalue weighted by atomic mass is 79.9. The molecule has 0 saturated carbocycles. The van der Waals surface area contributed by atoms with Gasteiger partial charge < -0.3 is 4.42 Å². The molecule has 0 N–H and O–H groups in total. The number of alkyl halides is 3. The van der Waals surface area contributed by atoms with Gasteiger partial charge in [-0.3, -0.25) is 0 Å². The van der Waals surface area contributed by atoms with Crippen LogP contribution in [0.3, 0.4) is 0 Å². The highest BCUT2D eigenvalue weighted by molar-refractivity contribution is 9.10. The summed E-state index contributed by atoms with van der Waals surface area (Å²) < 4.78 is 45.3. The Morgan fingerprint density at radius 3 is 2.18 bits per heavy atom. The third-order valence-corrected chi connectivity index (χ3v) is 3.73. The average molecular weight is 368 g/mol. The van der Waals surface area contributed by atoms with Gasteiger partial charge in [-0.05, 0) is 28.1 Å². The number of halogens is 4. The third kappa shape index (κ3) is 2.78. The Bertz CT molecular complexity index is 797. The first kappa shape index (κ1) is 14.8. The van der Waals surface area contributed by atoms with Crippen LogP contribution in [0.5, 0.6) is 0 Å². The van der Waals surface area contributed by atoms with Crippen molar-refractivity contribution in [2.24, 2.45) is 0 Å². The fourth-order valence-corrected chi connectivity index (χ4v) is 2.51. The van der Waals surface area contributed by atoms with Gasteiger partial charge in [-0.15, -0.1) is 0 Å². The monoisotopic (exact) mass is 367 g/mol. The van der Waals surface area contributed by atoms with Crippen molar-refractivity contribution in [2.45, 2.75) is 6.18 Å². The Balaban J connectivity index is 2.20. The van der Waals surface area contributed by atoms with E-state index in [1.54, 1.807) is 54.6 Å². The standard InChI is InChI=1S/C16H9BrF3NO/c17-12-9-5-4-8-11(12)15-21-13(10-6-2-1-3-7-10)14(22-15)16(18,19)20/h1-9H. The van der Waals surface area contributed by atoms with E-state index >= 15 is 0 Å². The largest absolute Gasteiger partial charge is 0.451 e. The zero-order valence-electron chi connectivity index (χ0n) is 11.1. The summed E-state index contributed by atoms with van der Waals surface area (Å²) in [4.78, 5) is 4.06. The molecule has 0 bridgehead atoms. The van der Waals surface area contributed by atoms with Crippen LogP contribution in [0.2, 0.25) is 0 Å². The van der Waals surface area contributed by atoms with Crippen molar-refractivity contribution in [2.75, 3.05) is 0 Å². The topological polar surface area (TPSA) is 26.0 Å². The first-order valence-corrected chi connectivity index (χ1v) is 7.14. The Morgan fingerprint density at radius 1 is 0.909 bits per heavy atom. The number of oxazole rings is 1. The highest BCUT2D eigenvalue weighted by Crippen LogP contribution is 2.40. The molecule has 0 amide bonds. The maximum Gasteiger partial charge on any atom is 0.451 e. The molecular weight excluding hydrogens is 359 g/mol. The second-order valence-corrected chi connectivity index (χ2v) is 5.39. The Hall–Kier alpha value is -2.08. The summed E-state index contributed by atoms with van der Waals surface area (Å²) >= 11 is 3.29. The third-order valence-electron chi connectivity index (χ3n) is 3.04. The molecule has 22 heavy (non-hydrogen) atoms. The van der Waals surface area contributed by atoms with Crippen LogP contribution >= 0.6 is 15.9 Å². The quantitative estimate of drug-likeness (QED) is 0.572. The van der Waals surface area contributed by atoms with Crippen LogP contribution in [0.4, 0.5) is 13.2 Å². The number of hydrogen-bond donors (Lipinski definition) is 0.